The Morgan fingerprint density at radius 3 is 2.41 bits per heavy atom. The molecule has 0 bridgehead atoms. The fraction of sp³-hybridized carbons (Fsp3) is 0.450. The van der Waals surface area contributed by atoms with Crippen molar-refractivity contribution in [3.63, 3.8) is 0 Å². The Labute approximate surface area is 183 Å². The van der Waals surface area contributed by atoms with Gasteiger partial charge in [-0.15, -0.1) is 35.3 Å². The second kappa shape index (κ2) is 12.3. The number of guanidine groups is 1. The summed E-state index contributed by atoms with van der Waals surface area (Å²) in [7, 11) is 1.83. The molecule has 1 fully saturated rings. The van der Waals surface area contributed by atoms with E-state index in [1.54, 1.807) is 11.3 Å². The van der Waals surface area contributed by atoms with E-state index in [0.717, 1.165) is 58.3 Å². The molecule has 3 rings (SSSR count). The van der Waals surface area contributed by atoms with Crippen molar-refractivity contribution < 1.29 is 0 Å². The van der Waals surface area contributed by atoms with Crippen LogP contribution in [-0.4, -0.2) is 62.1 Å². The summed E-state index contributed by atoms with van der Waals surface area (Å²) >= 11 is 1.76. The fourth-order valence-corrected chi connectivity index (χ4v) is 3.79. The molecular weight excluding hydrogens is 469 g/mol. The van der Waals surface area contributed by atoms with Crippen LogP contribution in [0.5, 0.6) is 0 Å². The quantitative estimate of drug-likeness (QED) is 0.350. The molecule has 1 aromatic carbocycles. The minimum Gasteiger partial charge on any atom is -0.355 e. The van der Waals surface area contributed by atoms with Gasteiger partial charge in [-0.3, -0.25) is 14.8 Å². The largest absolute Gasteiger partial charge is 0.355 e. The maximum Gasteiger partial charge on any atom is 0.191 e. The zero-order valence-electron chi connectivity index (χ0n) is 15.9. The van der Waals surface area contributed by atoms with Gasteiger partial charge in [0.15, 0.2) is 5.96 Å². The van der Waals surface area contributed by atoms with Crippen molar-refractivity contribution in [3.8, 4) is 0 Å². The molecule has 2 N–H and O–H groups in total. The van der Waals surface area contributed by atoms with Gasteiger partial charge >= 0.3 is 0 Å². The van der Waals surface area contributed by atoms with Gasteiger partial charge in [-0.1, -0.05) is 36.4 Å². The standard InChI is InChI=1S/C20H29N5S.HI/c1-21-20(23-16-19-8-5-15-26-19)22-9-10-24-11-13-25(14-12-24)17-18-6-3-2-4-7-18;/h2-8,15H,9-14,16-17H2,1H3,(H2,21,22,23);1H. The Hall–Kier alpha value is -1.16. The molecule has 0 spiro atoms. The third-order valence-electron chi connectivity index (χ3n) is 4.67. The number of hydrogen-bond acceptors (Lipinski definition) is 4. The van der Waals surface area contributed by atoms with E-state index in [1.807, 2.05) is 7.05 Å². The Morgan fingerprint density at radius 2 is 1.74 bits per heavy atom. The molecule has 1 saturated heterocycles. The first-order valence-electron chi connectivity index (χ1n) is 9.29. The minimum atomic E-state index is 0. The molecule has 0 atom stereocenters. The molecule has 2 aromatic rings. The molecule has 5 nitrogen and oxygen atoms in total. The van der Waals surface area contributed by atoms with Crippen LogP contribution in [-0.2, 0) is 13.1 Å². The molecule has 27 heavy (non-hydrogen) atoms. The van der Waals surface area contributed by atoms with Crippen molar-refractivity contribution in [1.29, 1.82) is 0 Å². The first-order valence-corrected chi connectivity index (χ1v) is 10.2. The maximum absolute atomic E-state index is 4.30. The summed E-state index contributed by atoms with van der Waals surface area (Å²) in [5.74, 6) is 0.876. The van der Waals surface area contributed by atoms with Gasteiger partial charge in [-0.25, -0.2) is 0 Å². The zero-order valence-corrected chi connectivity index (χ0v) is 19.1. The van der Waals surface area contributed by atoms with E-state index in [2.05, 4.69) is 73.3 Å². The van der Waals surface area contributed by atoms with Crippen LogP contribution in [0, 0.1) is 0 Å². The fourth-order valence-electron chi connectivity index (χ4n) is 3.15. The molecule has 1 aliphatic heterocycles. The molecule has 0 radical (unpaired) electrons. The van der Waals surface area contributed by atoms with Gasteiger partial charge in [0, 0.05) is 57.7 Å². The van der Waals surface area contributed by atoms with Crippen LogP contribution in [0.15, 0.2) is 52.8 Å². The summed E-state index contributed by atoms with van der Waals surface area (Å²) in [6.07, 6.45) is 0. The predicted molar refractivity (Wildman–Crippen MR) is 126 cm³/mol. The molecular formula is C20H30IN5S. The highest BCUT2D eigenvalue weighted by molar-refractivity contribution is 14.0. The third-order valence-corrected chi connectivity index (χ3v) is 5.54. The highest BCUT2D eigenvalue weighted by Gasteiger charge is 2.16. The summed E-state index contributed by atoms with van der Waals surface area (Å²) < 4.78 is 0. The molecule has 2 heterocycles. The van der Waals surface area contributed by atoms with Crippen LogP contribution >= 0.6 is 35.3 Å². The number of thiophene rings is 1. The number of benzene rings is 1. The van der Waals surface area contributed by atoms with E-state index >= 15 is 0 Å². The van der Waals surface area contributed by atoms with E-state index in [9.17, 15) is 0 Å². The van der Waals surface area contributed by atoms with Crippen molar-refractivity contribution in [2.24, 2.45) is 4.99 Å². The number of hydrogen-bond donors (Lipinski definition) is 2. The second-order valence-electron chi connectivity index (χ2n) is 6.54. The van der Waals surface area contributed by atoms with Crippen LogP contribution < -0.4 is 10.6 Å². The Morgan fingerprint density at radius 1 is 1.00 bits per heavy atom. The lowest BCUT2D eigenvalue weighted by molar-refractivity contribution is 0.129. The average molecular weight is 499 g/mol. The summed E-state index contributed by atoms with van der Waals surface area (Å²) in [6.45, 7) is 8.41. The number of piperazine rings is 1. The Balaban J connectivity index is 0.00000261. The summed E-state index contributed by atoms with van der Waals surface area (Å²) in [5.41, 5.74) is 1.41. The summed E-state index contributed by atoms with van der Waals surface area (Å²) in [6, 6.07) is 15.0. The lowest BCUT2D eigenvalue weighted by atomic mass is 10.2. The molecule has 1 aromatic heterocycles. The number of nitrogens with one attached hydrogen (secondary N) is 2. The lowest BCUT2D eigenvalue weighted by Crippen LogP contribution is -2.48. The van der Waals surface area contributed by atoms with Crippen molar-refractivity contribution in [2.45, 2.75) is 13.1 Å². The van der Waals surface area contributed by atoms with Gasteiger partial charge < -0.3 is 10.6 Å². The van der Waals surface area contributed by atoms with Crippen molar-refractivity contribution in [2.75, 3.05) is 46.3 Å². The topological polar surface area (TPSA) is 42.9 Å². The maximum atomic E-state index is 4.30. The Bertz CT molecular complexity index is 654. The van der Waals surface area contributed by atoms with Gasteiger partial charge in [0.2, 0.25) is 0 Å². The third kappa shape index (κ3) is 7.77. The number of halogens is 1. The molecule has 0 unspecified atom stereocenters. The van der Waals surface area contributed by atoms with Crippen LogP contribution in [0.4, 0.5) is 0 Å². The van der Waals surface area contributed by atoms with Crippen LogP contribution in [0.25, 0.3) is 0 Å². The molecule has 0 amide bonds. The smallest absolute Gasteiger partial charge is 0.191 e. The normalized spacial score (nSPS) is 16.0. The van der Waals surface area contributed by atoms with Gasteiger partial charge in [0.1, 0.15) is 0 Å². The summed E-state index contributed by atoms with van der Waals surface area (Å²) in [5, 5.41) is 8.89. The first-order chi connectivity index (χ1) is 12.8. The monoisotopic (exact) mass is 499 g/mol. The minimum absolute atomic E-state index is 0. The highest BCUT2D eigenvalue weighted by atomic mass is 127. The van der Waals surface area contributed by atoms with Gasteiger partial charge in [0.05, 0.1) is 6.54 Å². The zero-order chi connectivity index (χ0) is 18.0. The van der Waals surface area contributed by atoms with Crippen molar-refractivity contribution in [1.82, 2.24) is 20.4 Å². The van der Waals surface area contributed by atoms with Gasteiger partial charge in [-0.2, -0.15) is 0 Å². The van der Waals surface area contributed by atoms with Crippen LogP contribution in [0.2, 0.25) is 0 Å². The molecule has 7 heteroatoms. The molecule has 0 saturated carbocycles. The van der Waals surface area contributed by atoms with E-state index < -0.39 is 0 Å². The SMILES string of the molecule is CN=C(NCCN1CCN(Cc2ccccc2)CC1)NCc1cccs1.I. The number of rotatable bonds is 7. The predicted octanol–water partition coefficient (Wildman–Crippen LogP) is 2.85. The highest BCUT2D eigenvalue weighted by Crippen LogP contribution is 2.08. The van der Waals surface area contributed by atoms with Crippen molar-refractivity contribution in [3.05, 3.63) is 58.3 Å². The van der Waals surface area contributed by atoms with Gasteiger partial charge in [-0.05, 0) is 17.0 Å². The van der Waals surface area contributed by atoms with E-state index in [1.165, 1.54) is 10.4 Å². The van der Waals surface area contributed by atoms with E-state index in [-0.39, 0.29) is 24.0 Å². The number of nitrogens with zero attached hydrogens (tertiary/aromatic N) is 3. The first kappa shape index (κ1) is 22.1. The van der Waals surface area contributed by atoms with E-state index in [0.29, 0.717) is 0 Å². The molecule has 148 valence electrons. The van der Waals surface area contributed by atoms with E-state index in [4.69, 9.17) is 0 Å². The van der Waals surface area contributed by atoms with Crippen LogP contribution in [0.3, 0.4) is 0 Å². The Kier molecular flexibility index (Phi) is 10.1. The summed E-state index contributed by atoms with van der Waals surface area (Å²) in [4.78, 5) is 10.7. The van der Waals surface area contributed by atoms with Crippen LogP contribution in [0.1, 0.15) is 10.4 Å². The van der Waals surface area contributed by atoms with Gasteiger partial charge in [0.25, 0.3) is 0 Å². The number of aliphatic imine (C=N–C) groups is 1. The van der Waals surface area contributed by atoms with Crippen molar-refractivity contribution >= 4 is 41.3 Å². The molecule has 0 aliphatic carbocycles. The molecule has 1 aliphatic rings. The average Bonchev–Trinajstić information content (AvgIpc) is 3.20. The lowest BCUT2D eigenvalue weighted by Gasteiger charge is -2.34. The second-order valence-corrected chi connectivity index (χ2v) is 7.57.